The average Bonchev–Trinajstić information content (AvgIpc) is 2.66. The summed E-state index contributed by atoms with van der Waals surface area (Å²) in [4.78, 5) is 25.0. The summed E-state index contributed by atoms with van der Waals surface area (Å²) >= 11 is 0. The van der Waals surface area contributed by atoms with Crippen molar-refractivity contribution in [2.75, 3.05) is 5.32 Å². The van der Waals surface area contributed by atoms with Crippen LogP contribution in [0.3, 0.4) is 0 Å². The Bertz CT molecular complexity index is 965. The van der Waals surface area contributed by atoms with Crippen LogP contribution in [0, 0.1) is 18.3 Å². The first-order valence-corrected chi connectivity index (χ1v) is 7.95. The highest BCUT2D eigenvalue weighted by Crippen LogP contribution is 2.16. The largest absolute Gasteiger partial charge is 0.345 e. The number of hydrogen-bond acceptors (Lipinski definition) is 6. The number of carbonyl (C=O) groups excluding carboxylic acids is 1. The van der Waals surface area contributed by atoms with E-state index in [0.29, 0.717) is 29.4 Å². The van der Waals surface area contributed by atoms with Gasteiger partial charge in [0.1, 0.15) is 17.3 Å². The molecule has 0 saturated heterocycles. The lowest BCUT2D eigenvalue weighted by atomic mass is 10.2. The summed E-state index contributed by atoms with van der Waals surface area (Å²) in [6.07, 6.45) is 1.67. The molecule has 1 aromatic carbocycles. The molecule has 0 spiro atoms. The van der Waals surface area contributed by atoms with E-state index in [4.69, 9.17) is 5.26 Å². The molecule has 2 heterocycles. The molecule has 2 aromatic heterocycles. The van der Waals surface area contributed by atoms with Gasteiger partial charge in [0, 0.05) is 18.0 Å². The van der Waals surface area contributed by atoms with Crippen LogP contribution in [0.1, 0.15) is 27.6 Å². The molecule has 0 aliphatic carbocycles. The highest BCUT2D eigenvalue weighted by atomic mass is 16.1. The minimum Gasteiger partial charge on any atom is -0.345 e. The summed E-state index contributed by atoms with van der Waals surface area (Å²) in [5.74, 6) is 0.639. The Hall–Kier alpha value is -3.79. The van der Waals surface area contributed by atoms with Crippen LogP contribution >= 0.6 is 0 Å². The number of aryl methyl sites for hydroxylation is 1. The van der Waals surface area contributed by atoms with Crippen LogP contribution < -0.4 is 10.6 Å². The second-order valence-corrected chi connectivity index (χ2v) is 5.51. The number of nitrogens with zero attached hydrogens (tertiary/aromatic N) is 4. The molecule has 0 unspecified atom stereocenters. The Morgan fingerprint density at radius 1 is 1.15 bits per heavy atom. The van der Waals surface area contributed by atoms with Gasteiger partial charge in [-0.1, -0.05) is 12.1 Å². The molecule has 128 valence electrons. The molecule has 3 rings (SSSR count). The predicted octanol–water partition coefficient (Wildman–Crippen LogP) is 2.73. The zero-order valence-corrected chi connectivity index (χ0v) is 14.1. The first kappa shape index (κ1) is 17.0. The molecular weight excluding hydrogens is 328 g/mol. The molecular formula is C19H16N6O. The lowest BCUT2D eigenvalue weighted by Gasteiger charge is -2.09. The zero-order chi connectivity index (χ0) is 18.4. The van der Waals surface area contributed by atoms with Crippen LogP contribution in [-0.4, -0.2) is 20.9 Å². The van der Waals surface area contributed by atoms with Gasteiger partial charge in [0.25, 0.3) is 5.91 Å². The molecule has 2 N–H and O–H groups in total. The fourth-order valence-corrected chi connectivity index (χ4v) is 2.33. The number of carbonyl (C=O) groups is 1. The van der Waals surface area contributed by atoms with Crippen molar-refractivity contribution in [1.82, 2.24) is 20.3 Å². The first-order valence-electron chi connectivity index (χ1n) is 7.95. The van der Waals surface area contributed by atoms with Gasteiger partial charge in [0.05, 0.1) is 23.9 Å². The first-order chi connectivity index (χ1) is 12.6. The molecule has 1 amide bonds. The molecule has 0 atom stereocenters. The SMILES string of the molecule is Cc1nc(Nc2cccc(C#N)c2)cc(C(=O)NCc2ccccn2)n1. The molecule has 0 saturated carbocycles. The normalized spacial score (nSPS) is 10.0. The standard InChI is InChI=1S/C19H16N6O/c1-13-23-17(19(26)22-12-16-6-2-3-8-21-16)10-18(24-13)25-15-7-4-5-14(9-15)11-20/h2-10H,12H2,1H3,(H,22,26)(H,23,24,25). The number of anilines is 2. The van der Waals surface area contributed by atoms with Crippen molar-refractivity contribution in [3.63, 3.8) is 0 Å². The van der Waals surface area contributed by atoms with Crippen LogP contribution in [0.25, 0.3) is 0 Å². The Morgan fingerprint density at radius 3 is 2.81 bits per heavy atom. The Morgan fingerprint density at radius 2 is 2.04 bits per heavy atom. The van der Waals surface area contributed by atoms with Crippen molar-refractivity contribution in [1.29, 1.82) is 5.26 Å². The Labute approximate surface area is 150 Å². The highest BCUT2D eigenvalue weighted by Gasteiger charge is 2.11. The third-order valence-electron chi connectivity index (χ3n) is 3.49. The van der Waals surface area contributed by atoms with E-state index in [1.807, 2.05) is 24.3 Å². The lowest BCUT2D eigenvalue weighted by Crippen LogP contribution is -2.24. The number of amides is 1. The predicted molar refractivity (Wildman–Crippen MR) is 96.6 cm³/mol. The number of nitrogens with one attached hydrogen (secondary N) is 2. The third kappa shape index (κ3) is 4.39. The van der Waals surface area contributed by atoms with Gasteiger partial charge in [-0.05, 0) is 37.3 Å². The molecule has 0 radical (unpaired) electrons. The Balaban J connectivity index is 1.74. The molecule has 3 aromatic rings. The van der Waals surface area contributed by atoms with Gasteiger partial charge >= 0.3 is 0 Å². The molecule has 0 aliphatic heterocycles. The number of aromatic nitrogens is 3. The fourth-order valence-electron chi connectivity index (χ4n) is 2.33. The van der Waals surface area contributed by atoms with Gasteiger partial charge in [0.15, 0.2) is 0 Å². The maximum Gasteiger partial charge on any atom is 0.270 e. The van der Waals surface area contributed by atoms with Crippen molar-refractivity contribution >= 4 is 17.4 Å². The van der Waals surface area contributed by atoms with E-state index in [2.05, 4.69) is 31.7 Å². The molecule has 0 aliphatic rings. The number of benzene rings is 1. The molecule has 7 nitrogen and oxygen atoms in total. The van der Waals surface area contributed by atoms with E-state index in [1.54, 1.807) is 37.4 Å². The van der Waals surface area contributed by atoms with Crippen molar-refractivity contribution in [2.24, 2.45) is 0 Å². The summed E-state index contributed by atoms with van der Waals surface area (Å²) in [5.41, 5.74) is 2.27. The lowest BCUT2D eigenvalue weighted by molar-refractivity contribution is 0.0945. The smallest absolute Gasteiger partial charge is 0.270 e. The van der Waals surface area contributed by atoms with Crippen molar-refractivity contribution in [3.8, 4) is 6.07 Å². The molecule has 26 heavy (non-hydrogen) atoms. The van der Waals surface area contributed by atoms with Crippen molar-refractivity contribution in [3.05, 3.63) is 77.5 Å². The number of pyridine rings is 1. The summed E-state index contributed by atoms with van der Waals surface area (Å²) in [6, 6.07) is 16.2. The maximum atomic E-state index is 12.4. The number of hydrogen-bond donors (Lipinski definition) is 2. The van der Waals surface area contributed by atoms with Crippen LogP contribution in [0.15, 0.2) is 54.7 Å². The van der Waals surface area contributed by atoms with Crippen LogP contribution in [0.4, 0.5) is 11.5 Å². The van der Waals surface area contributed by atoms with E-state index in [-0.39, 0.29) is 11.6 Å². The van der Waals surface area contributed by atoms with Gasteiger partial charge in [-0.25, -0.2) is 9.97 Å². The second kappa shape index (κ2) is 7.85. The molecule has 0 bridgehead atoms. The van der Waals surface area contributed by atoms with Crippen molar-refractivity contribution in [2.45, 2.75) is 13.5 Å². The fraction of sp³-hybridized carbons (Fsp3) is 0.105. The molecule has 7 heteroatoms. The summed E-state index contributed by atoms with van der Waals surface area (Å²) in [6.45, 7) is 2.03. The van der Waals surface area contributed by atoms with Gasteiger partial charge in [-0.3, -0.25) is 9.78 Å². The van der Waals surface area contributed by atoms with E-state index >= 15 is 0 Å². The summed E-state index contributed by atoms with van der Waals surface area (Å²) in [5, 5.41) is 14.9. The van der Waals surface area contributed by atoms with Crippen LogP contribution in [0.5, 0.6) is 0 Å². The topological polar surface area (TPSA) is 104 Å². The number of nitriles is 1. The van der Waals surface area contributed by atoms with E-state index in [9.17, 15) is 4.79 Å². The maximum absolute atomic E-state index is 12.4. The highest BCUT2D eigenvalue weighted by molar-refractivity contribution is 5.93. The van der Waals surface area contributed by atoms with Crippen LogP contribution in [-0.2, 0) is 6.54 Å². The van der Waals surface area contributed by atoms with Crippen LogP contribution in [0.2, 0.25) is 0 Å². The Kier molecular flexibility index (Phi) is 5.15. The summed E-state index contributed by atoms with van der Waals surface area (Å²) < 4.78 is 0. The number of rotatable bonds is 5. The van der Waals surface area contributed by atoms with Gasteiger partial charge in [-0.2, -0.15) is 5.26 Å². The zero-order valence-electron chi connectivity index (χ0n) is 14.1. The molecule has 0 fully saturated rings. The monoisotopic (exact) mass is 344 g/mol. The third-order valence-corrected chi connectivity index (χ3v) is 3.49. The van der Waals surface area contributed by atoms with E-state index < -0.39 is 0 Å². The minimum absolute atomic E-state index is 0.257. The quantitative estimate of drug-likeness (QED) is 0.737. The van der Waals surface area contributed by atoms with Crippen molar-refractivity contribution < 1.29 is 4.79 Å². The minimum atomic E-state index is -0.310. The van der Waals surface area contributed by atoms with Gasteiger partial charge in [0.2, 0.25) is 0 Å². The average molecular weight is 344 g/mol. The van der Waals surface area contributed by atoms with E-state index in [1.165, 1.54) is 0 Å². The summed E-state index contributed by atoms with van der Waals surface area (Å²) in [7, 11) is 0. The second-order valence-electron chi connectivity index (χ2n) is 5.51. The van der Waals surface area contributed by atoms with Gasteiger partial charge in [-0.15, -0.1) is 0 Å². The van der Waals surface area contributed by atoms with E-state index in [0.717, 1.165) is 5.69 Å². The van der Waals surface area contributed by atoms with Gasteiger partial charge < -0.3 is 10.6 Å².